The van der Waals surface area contributed by atoms with Crippen LogP contribution in [-0.4, -0.2) is 18.7 Å². The Morgan fingerprint density at radius 3 is 2.85 bits per heavy atom. The van der Waals surface area contributed by atoms with Crippen LogP contribution in [0, 0.1) is 12.8 Å². The van der Waals surface area contributed by atoms with Crippen LogP contribution in [0.2, 0.25) is 0 Å². The molecule has 1 N–H and O–H groups in total. The number of rotatable bonds is 7. The summed E-state index contributed by atoms with van der Waals surface area (Å²) in [7, 11) is 0. The summed E-state index contributed by atoms with van der Waals surface area (Å²) in [4.78, 5) is 0. The number of hydrogen-bond donors (Lipinski definition) is 1. The third kappa shape index (κ3) is 3.76. The first kappa shape index (κ1) is 15.4. The van der Waals surface area contributed by atoms with Gasteiger partial charge in [0, 0.05) is 12.5 Å². The first-order chi connectivity index (χ1) is 9.63. The molecule has 1 aromatic rings. The zero-order chi connectivity index (χ0) is 14.5. The number of ether oxygens (including phenoxy) is 1. The quantitative estimate of drug-likeness (QED) is 0.809. The van der Waals surface area contributed by atoms with Gasteiger partial charge in [-0.3, -0.25) is 0 Å². The molecule has 0 bridgehead atoms. The van der Waals surface area contributed by atoms with E-state index in [1.165, 1.54) is 24.0 Å². The van der Waals surface area contributed by atoms with E-state index in [-0.39, 0.29) is 0 Å². The Morgan fingerprint density at radius 2 is 2.15 bits per heavy atom. The number of benzene rings is 1. The van der Waals surface area contributed by atoms with Gasteiger partial charge in [-0.25, -0.2) is 0 Å². The standard InChI is InChI=1S/C18H29NO/c1-5-9-19-17(6-2)14(4)11-16-12-15-10-13(3)7-8-18(15)20-16/h7-8,10,14,16-17,19H,5-6,9,11-12H2,1-4H3. The number of fused-ring (bicyclic) bond motifs is 1. The van der Waals surface area contributed by atoms with E-state index in [2.05, 4.69) is 51.2 Å². The normalized spacial score (nSPS) is 20.3. The van der Waals surface area contributed by atoms with E-state index < -0.39 is 0 Å². The van der Waals surface area contributed by atoms with Gasteiger partial charge in [-0.2, -0.15) is 0 Å². The summed E-state index contributed by atoms with van der Waals surface area (Å²) in [5, 5.41) is 3.67. The minimum Gasteiger partial charge on any atom is -0.490 e. The van der Waals surface area contributed by atoms with Gasteiger partial charge in [0.05, 0.1) is 0 Å². The van der Waals surface area contributed by atoms with Crippen LogP contribution < -0.4 is 10.1 Å². The molecule has 112 valence electrons. The summed E-state index contributed by atoms with van der Waals surface area (Å²) < 4.78 is 6.10. The molecule has 0 fully saturated rings. The Labute approximate surface area is 123 Å². The average Bonchev–Trinajstić information content (AvgIpc) is 2.80. The maximum Gasteiger partial charge on any atom is 0.123 e. The molecule has 1 aliphatic rings. The third-order valence-corrected chi connectivity index (χ3v) is 4.38. The minimum atomic E-state index is 0.360. The molecule has 0 saturated carbocycles. The topological polar surface area (TPSA) is 21.3 Å². The van der Waals surface area contributed by atoms with Crippen molar-refractivity contribution in [3.05, 3.63) is 29.3 Å². The molecule has 3 unspecified atom stereocenters. The van der Waals surface area contributed by atoms with E-state index in [0.717, 1.165) is 25.1 Å². The summed E-state index contributed by atoms with van der Waals surface area (Å²) >= 11 is 0. The van der Waals surface area contributed by atoms with Crippen LogP contribution in [0.3, 0.4) is 0 Å². The van der Waals surface area contributed by atoms with Gasteiger partial charge in [0.15, 0.2) is 0 Å². The maximum absolute atomic E-state index is 6.10. The summed E-state index contributed by atoms with van der Waals surface area (Å²) in [6.45, 7) is 10.1. The highest BCUT2D eigenvalue weighted by Gasteiger charge is 2.26. The van der Waals surface area contributed by atoms with Crippen LogP contribution >= 0.6 is 0 Å². The Hall–Kier alpha value is -1.02. The predicted octanol–water partition coefficient (Wildman–Crippen LogP) is 4.10. The molecule has 2 rings (SSSR count). The number of hydrogen-bond acceptors (Lipinski definition) is 2. The van der Waals surface area contributed by atoms with Gasteiger partial charge in [0.1, 0.15) is 11.9 Å². The summed E-state index contributed by atoms with van der Waals surface area (Å²) in [6, 6.07) is 7.15. The van der Waals surface area contributed by atoms with Crippen LogP contribution in [0.4, 0.5) is 0 Å². The van der Waals surface area contributed by atoms with Crippen molar-refractivity contribution >= 4 is 0 Å². The van der Waals surface area contributed by atoms with E-state index >= 15 is 0 Å². The molecule has 3 atom stereocenters. The van der Waals surface area contributed by atoms with Gasteiger partial charge in [0.25, 0.3) is 0 Å². The van der Waals surface area contributed by atoms with Crippen molar-refractivity contribution in [1.29, 1.82) is 0 Å². The second-order valence-electron chi connectivity index (χ2n) is 6.24. The van der Waals surface area contributed by atoms with Crippen molar-refractivity contribution in [2.75, 3.05) is 6.54 Å². The smallest absolute Gasteiger partial charge is 0.123 e. The molecule has 0 amide bonds. The lowest BCUT2D eigenvalue weighted by molar-refractivity contribution is 0.180. The average molecular weight is 275 g/mol. The van der Waals surface area contributed by atoms with Crippen molar-refractivity contribution < 1.29 is 4.74 Å². The highest BCUT2D eigenvalue weighted by Crippen LogP contribution is 2.32. The summed E-state index contributed by atoms with van der Waals surface area (Å²) in [6.07, 6.45) is 4.97. The van der Waals surface area contributed by atoms with E-state index in [1.807, 2.05) is 0 Å². The summed E-state index contributed by atoms with van der Waals surface area (Å²) in [5.74, 6) is 1.76. The number of aryl methyl sites for hydroxylation is 1. The highest BCUT2D eigenvalue weighted by atomic mass is 16.5. The van der Waals surface area contributed by atoms with Crippen molar-refractivity contribution in [2.24, 2.45) is 5.92 Å². The molecule has 2 nitrogen and oxygen atoms in total. The van der Waals surface area contributed by atoms with Crippen molar-refractivity contribution in [2.45, 2.75) is 65.5 Å². The lowest BCUT2D eigenvalue weighted by atomic mass is 9.91. The van der Waals surface area contributed by atoms with Gasteiger partial charge in [0.2, 0.25) is 0 Å². The molecule has 0 aliphatic carbocycles. The fraction of sp³-hybridized carbons (Fsp3) is 0.667. The number of nitrogens with one attached hydrogen (secondary N) is 1. The van der Waals surface area contributed by atoms with Crippen LogP contribution in [0.5, 0.6) is 5.75 Å². The Morgan fingerprint density at radius 1 is 1.35 bits per heavy atom. The lowest BCUT2D eigenvalue weighted by Gasteiger charge is -2.26. The Bertz CT molecular complexity index is 429. The first-order valence-electron chi connectivity index (χ1n) is 8.13. The molecule has 0 saturated heterocycles. The van der Waals surface area contributed by atoms with Crippen LogP contribution in [0.25, 0.3) is 0 Å². The van der Waals surface area contributed by atoms with Gasteiger partial charge >= 0.3 is 0 Å². The van der Waals surface area contributed by atoms with Crippen molar-refractivity contribution in [3.8, 4) is 5.75 Å². The summed E-state index contributed by atoms with van der Waals surface area (Å²) in [5.41, 5.74) is 2.72. The SMILES string of the molecule is CCCNC(CC)C(C)CC1Cc2cc(C)ccc2O1. The lowest BCUT2D eigenvalue weighted by Crippen LogP contribution is -2.37. The third-order valence-electron chi connectivity index (χ3n) is 4.38. The molecular formula is C18H29NO. The maximum atomic E-state index is 6.10. The van der Waals surface area contributed by atoms with E-state index in [4.69, 9.17) is 4.74 Å². The minimum absolute atomic E-state index is 0.360. The van der Waals surface area contributed by atoms with Gasteiger partial charge < -0.3 is 10.1 Å². The molecule has 1 aromatic carbocycles. The van der Waals surface area contributed by atoms with Gasteiger partial charge in [-0.1, -0.05) is 38.5 Å². The van der Waals surface area contributed by atoms with Crippen LogP contribution in [0.1, 0.15) is 51.2 Å². The molecule has 0 radical (unpaired) electrons. The zero-order valence-electron chi connectivity index (χ0n) is 13.4. The van der Waals surface area contributed by atoms with E-state index in [9.17, 15) is 0 Å². The van der Waals surface area contributed by atoms with Gasteiger partial charge in [-0.15, -0.1) is 0 Å². The first-order valence-corrected chi connectivity index (χ1v) is 8.13. The Balaban J connectivity index is 1.88. The fourth-order valence-electron chi connectivity index (χ4n) is 3.24. The van der Waals surface area contributed by atoms with Crippen LogP contribution in [-0.2, 0) is 6.42 Å². The molecule has 1 aliphatic heterocycles. The second-order valence-corrected chi connectivity index (χ2v) is 6.24. The fourth-order valence-corrected chi connectivity index (χ4v) is 3.24. The molecule has 1 heterocycles. The largest absolute Gasteiger partial charge is 0.490 e. The molecular weight excluding hydrogens is 246 g/mol. The monoisotopic (exact) mass is 275 g/mol. The van der Waals surface area contributed by atoms with E-state index in [0.29, 0.717) is 18.1 Å². The second kappa shape index (κ2) is 7.12. The molecule has 20 heavy (non-hydrogen) atoms. The zero-order valence-corrected chi connectivity index (χ0v) is 13.4. The van der Waals surface area contributed by atoms with Crippen molar-refractivity contribution in [1.82, 2.24) is 5.32 Å². The molecule has 0 spiro atoms. The highest BCUT2D eigenvalue weighted by molar-refractivity contribution is 5.40. The van der Waals surface area contributed by atoms with Gasteiger partial charge in [-0.05, 0) is 50.3 Å². The molecule has 0 aromatic heterocycles. The Kier molecular flexibility index (Phi) is 5.47. The van der Waals surface area contributed by atoms with Crippen molar-refractivity contribution in [3.63, 3.8) is 0 Å². The van der Waals surface area contributed by atoms with E-state index in [1.54, 1.807) is 0 Å². The predicted molar refractivity (Wildman–Crippen MR) is 85.5 cm³/mol. The molecule has 2 heteroatoms. The van der Waals surface area contributed by atoms with Crippen LogP contribution in [0.15, 0.2) is 18.2 Å².